The summed E-state index contributed by atoms with van der Waals surface area (Å²) in [5.41, 5.74) is 3.18. The van der Waals surface area contributed by atoms with Crippen LogP contribution in [0.2, 0.25) is 0 Å². The molecule has 1 aliphatic rings. The lowest BCUT2D eigenvalue weighted by Crippen LogP contribution is -2.49. The smallest absolute Gasteiger partial charge is 0.275 e. The number of amides is 1. The van der Waals surface area contributed by atoms with E-state index in [0.29, 0.717) is 41.8 Å². The maximum Gasteiger partial charge on any atom is 0.275 e. The number of para-hydroxylation sites is 2. The number of hydrogen-bond acceptors (Lipinski definition) is 5. The van der Waals surface area contributed by atoms with Crippen molar-refractivity contribution in [2.24, 2.45) is 0 Å². The lowest BCUT2D eigenvalue weighted by molar-refractivity contribution is 0.0490. The highest BCUT2D eigenvalue weighted by Gasteiger charge is 2.31. The number of hydrogen-bond donors (Lipinski definition) is 1. The molecule has 0 atom stereocenters. The Labute approximate surface area is 198 Å². The average Bonchev–Trinajstić information content (AvgIpc) is 3.49. The minimum absolute atomic E-state index is 0.115. The molecule has 0 aliphatic carbocycles. The number of aromatic nitrogens is 2. The molecular weight excluding hydrogens is 438 g/mol. The third kappa shape index (κ3) is 4.49. The largest absolute Gasteiger partial charge is 0.493 e. The summed E-state index contributed by atoms with van der Waals surface area (Å²) in [6, 6.07) is 15.5. The number of carbonyl (C=O) groups excluding carboxylic acids is 1. The molecular formula is C24H27N5O3S. The maximum atomic E-state index is 13.4. The first-order valence-corrected chi connectivity index (χ1v) is 11.1. The van der Waals surface area contributed by atoms with Crippen molar-refractivity contribution in [3.8, 4) is 17.2 Å². The van der Waals surface area contributed by atoms with Crippen molar-refractivity contribution in [1.29, 1.82) is 0 Å². The first-order chi connectivity index (χ1) is 16.0. The Morgan fingerprint density at radius 3 is 2.55 bits per heavy atom. The number of benzene rings is 2. The van der Waals surface area contributed by atoms with Crippen LogP contribution in [0.1, 0.15) is 28.0 Å². The van der Waals surface area contributed by atoms with Gasteiger partial charge in [0.05, 0.1) is 37.4 Å². The molecule has 0 radical (unpaired) electrons. The highest BCUT2D eigenvalue weighted by molar-refractivity contribution is 7.80. The Morgan fingerprint density at radius 1 is 1.06 bits per heavy atom. The van der Waals surface area contributed by atoms with Crippen molar-refractivity contribution in [2.45, 2.75) is 19.9 Å². The van der Waals surface area contributed by atoms with Gasteiger partial charge in [0.25, 0.3) is 5.91 Å². The van der Waals surface area contributed by atoms with Crippen LogP contribution >= 0.6 is 12.2 Å². The SMILES string of the molecule is COc1cccc(CNC(=S)N2CCCN2C(=O)c2cnn(-c3ccccc3)c2C)c1OC. The van der Waals surface area contributed by atoms with Gasteiger partial charge in [-0.25, -0.2) is 9.69 Å². The Hall–Kier alpha value is -3.59. The maximum absolute atomic E-state index is 13.4. The first-order valence-electron chi connectivity index (χ1n) is 10.7. The summed E-state index contributed by atoms with van der Waals surface area (Å²) in [5.74, 6) is 1.20. The standard InChI is InChI=1S/C24H27N5O3S/c1-17-20(16-26-29(17)19-10-5-4-6-11-19)23(30)27-13-8-14-28(27)24(33)25-15-18-9-7-12-21(31-2)22(18)32-3/h4-7,9-12,16H,8,13-15H2,1-3H3,(H,25,33). The minimum Gasteiger partial charge on any atom is -0.493 e. The zero-order chi connectivity index (χ0) is 23.4. The lowest BCUT2D eigenvalue weighted by atomic mass is 10.2. The van der Waals surface area contributed by atoms with Gasteiger partial charge in [-0.2, -0.15) is 5.10 Å². The molecule has 1 amide bonds. The van der Waals surface area contributed by atoms with E-state index in [-0.39, 0.29) is 5.91 Å². The van der Waals surface area contributed by atoms with Gasteiger partial charge in [0.1, 0.15) is 0 Å². The fourth-order valence-corrected chi connectivity index (χ4v) is 4.24. The highest BCUT2D eigenvalue weighted by atomic mass is 32.1. The second-order valence-electron chi connectivity index (χ2n) is 7.61. The molecule has 9 heteroatoms. The van der Waals surface area contributed by atoms with Gasteiger partial charge in [0, 0.05) is 25.2 Å². The third-order valence-corrected chi connectivity index (χ3v) is 6.01. The summed E-state index contributed by atoms with van der Waals surface area (Å²) in [5, 5.41) is 11.7. The molecule has 0 spiro atoms. The van der Waals surface area contributed by atoms with E-state index in [1.165, 1.54) is 0 Å². The molecule has 0 unspecified atom stereocenters. The van der Waals surface area contributed by atoms with E-state index in [9.17, 15) is 4.79 Å². The number of ether oxygens (including phenoxy) is 2. The van der Waals surface area contributed by atoms with Crippen LogP contribution in [0.3, 0.4) is 0 Å². The van der Waals surface area contributed by atoms with Crippen molar-refractivity contribution in [2.75, 3.05) is 27.3 Å². The highest BCUT2D eigenvalue weighted by Crippen LogP contribution is 2.30. The zero-order valence-corrected chi connectivity index (χ0v) is 19.8. The summed E-state index contributed by atoms with van der Waals surface area (Å²) < 4.78 is 12.6. The molecule has 2 aromatic carbocycles. The summed E-state index contributed by atoms with van der Waals surface area (Å²) >= 11 is 5.64. The number of methoxy groups -OCH3 is 2. The first kappa shape index (κ1) is 22.6. The van der Waals surface area contributed by atoms with Crippen molar-refractivity contribution in [3.05, 3.63) is 71.5 Å². The monoisotopic (exact) mass is 465 g/mol. The van der Waals surface area contributed by atoms with Crippen molar-refractivity contribution in [3.63, 3.8) is 0 Å². The molecule has 4 rings (SSSR count). The number of carbonyl (C=O) groups is 1. The van der Waals surface area contributed by atoms with Gasteiger partial charge >= 0.3 is 0 Å². The van der Waals surface area contributed by atoms with E-state index in [1.807, 2.05) is 60.5 Å². The van der Waals surface area contributed by atoms with Gasteiger partial charge in [-0.05, 0) is 43.8 Å². The fourth-order valence-electron chi connectivity index (χ4n) is 3.98. The molecule has 3 aromatic rings. The average molecular weight is 466 g/mol. The number of hydrazine groups is 1. The van der Waals surface area contributed by atoms with Crippen LogP contribution in [-0.4, -0.2) is 58.1 Å². The number of rotatable bonds is 6. The Kier molecular flexibility index (Phi) is 6.79. The van der Waals surface area contributed by atoms with Gasteiger partial charge in [0.2, 0.25) is 0 Å². The van der Waals surface area contributed by atoms with Crippen LogP contribution < -0.4 is 14.8 Å². The van der Waals surface area contributed by atoms with Crippen molar-refractivity contribution >= 4 is 23.2 Å². The quantitative estimate of drug-likeness (QED) is 0.560. The van der Waals surface area contributed by atoms with Crippen LogP contribution in [-0.2, 0) is 6.54 Å². The predicted octanol–water partition coefficient (Wildman–Crippen LogP) is 3.34. The van der Waals surface area contributed by atoms with E-state index in [4.69, 9.17) is 21.7 Å². The van der Waals surface area contributed by atoms with Gasteiger partial charge in [-0.3, -0.25) is 9.80 Å². The lowest BCUT2D eigenvalue weighted by Gasteiger charge is -2.30. The van der Waals surface area contributed by atoms with Gasteiger partial charge in [0.15, 0.2) is 16.6 Å². The van der Waals surface area contributed by atoms with Gasteiger partial charge in [-0.1, -0.05) is 30.3 Å². The van der Waals surface area contributed by atoms with E-state index >= 15 is 0 Å². The summed E-state index contributed by atoms with van der Waals surface area (Å²) in [6.45, 7) is 3.61. The second kappa shape index (κ2) is 9.91. The normalized spacial score (nSPS) is 13.2. The Bertz CT molecular complexity index is 1150. The Morgan fingerprint density at radius 2 is 1.82 bits per heavy atom. The van der Waals surface area contributed by atoms with E-state index < -0.39 is 0 Å². The zero-order valence-electron chi connectivity index (χ0n) is 18.9. The number of thiocarbonyl (C=S) groups is 1. The molecule has 0 bridgehead atoms. The molecule has 0 saturated carbocycles. The van der Waals surface area contributed by atoms with Gasteiger partial charge < -0.3 is 14.8 Å². The molecule has 1 aliphatic heterocycles. The predicted molar refractivity (Wildman–Crippen MR) is 130 cm³/mol. The van der Waals surface area contributed by atoms with Crippen LogP contribution in [0.4, 0.5) is 0 Å². The van der Waals surface area contributed by atoms with E-state index in [1.54, 1.807) is 30.1 Å². The van der Waals surface area contributed by atoms with Crippen LogP contribution in [0.5, 0.6) is 11.5 Å². The van der Waals surface area contributed by atoms with Crippen molar-refractivity contribution < 1.29 is 14.3 Å². The van der Waals surface area contributed by atoms with Crippen LogP contribution in [0, 0.1) is 6.92 Å². The molecule has 1 aromatic heterocycles. The summed E-state index contributed by atoms with van der Waals surface area (Å²) in [6.07, 6.45) is 2.46. The second-order valence-corrected chi connectivity index (χ2v) is 7.99. The molecule has 172 valence electrons. The van der Waals surface area contributed by atoms with Crippen LogP contribution in [0.15, 0.2) is 54.7 Å². The number of nitrogens with one attached hydrogen (secondary N) is 1. The summed E-state index contributed by atoms with van der Waals surface area (Å²) in [4.78, 5) is 13.4. The minimum atomic E-state index is -0.115. The molecule has 1 fully saturated rings. The van der Waals surface area contributed by atoms with E-state index in [2.05, 4.69) is 10.4 Å². The van der Waals surface area contributed by atoms with Crippen molar-refractivity contribution in [1.82, 2.24) is 25.1 Å². The Balaban J connectivity index is 1.48. The fraction of sp³-hybridized carbons (Fsp3) is 0.292. The third-order valence-electron chi connectivity index (χ3n) is 5.66. The molecule has 2 heterocycles. The topological polar surface area (TPSA) is 71.9 Å². The van der Waals surface area contributed by atoms with E-state index in [0.717, 1.165) is 23.4 Å². The summed E-state index contributed by atoms with van der Waals surface area (Å²) in [7, 11) is 3.22. The molecule has 1 N–H and O–H groups in total. The molecule has 33 heavy (non-hydrogen) atoms. The van der Waals surface area contributed by atoms with Crippen LogP contribution in [0.25, 0.3) is 5.69 Å². The molecule has 1 saturated heterocycles. The number of nitrogens with zero attached hydrogens (tertiary/aromatic N) is 4. The van der Waals surface area contributed by atoms with Gasteiger partial charge in [-0.15, -0.1) is 0 Å². The molecule has 8 nitrogen and oxygen atoms in total.